The lowest BCUT2D eigenvalue weighted by Gasteiger charge is -2.21. The number of hydrogen-bond acceptors (Lipinski definition) is 5. The topological polar surface area (TPSA) is 107 Å². The largest absolute Gasteiger partial charge is 0.389 e. The quantitative estimate of drug-likeness (QED) is 0.559. The van der Waals surface area contributed by atoms with Crippen LogP contribution in [0, 0.1) is 0 Å². The highest BCUT2D eigenvalue weighted by Crippen LogP contribution is 2.22. The monoisotopic (exact) mass is 303 g/mol. The van der Waals surface area contributed by atoms with Crippen molar-refractivity contribution in [2.45, 2.75) is 6.10 Å². The normalized spacial score (nSPS) is 18.8. The number of benzene rings is 1. The molecule has 8 nitrogen and oxygen atoms in total. The van der Waals surface area contributed by atoms with Crippen LogP contribution in [0.3, 0.4) is 0 Å². The van der Waals surface area contributed by atoms with Crippen LogP contribution in [-0.4, -0.2) is 64.4 Å². The predicted octanol–water partition coefficient (Wildman–Crippen LogP) is -0.805. The SMILES string of the molecule is O=C1CNC(=O)N1C[C@@H](O)CN1C(=O)c2ccccc2C1=O. The molecule has 3 rings (SSSR count). The number of amides is 5. The van der Waals surface area contributed by atoms with Crippen LogP contribution in [0.25, 0.3) is 0 Å². The summed E-state index contributed by atoms with van der Waals surface area (Å²) in [7, 11) is 0. The zero-order valence-corrected chi connectivity index (χ0v) is 11.5. The van der Waals surface area contributed by atoms with Crippen LogP contribution < -0.4 is 5.32 Å². The van der Waals surface area contributed by atoms with Crippen LogP contribution in [0.5, 0.6) is 0 Å². The van der Waals surface area contributed by atoms with Crippen molar-refractivity contribution >= 4 is 23.8 Å². The zero-order chi connectivity index (χ0) is 15.9. The molecule has 2 N–H and O–H groups in total. The van der Waals surface area contributed by atoms with Gasteiger partial charge in [0.2, 0.25) is 5.91 Å². The fraction of sp³-hybridized carbons (Fsp3) is 0.286. The van der Waals surface area contributed by atoms with E-state index < -0.39 is 29.9 Å². The maximum atomic E-state index is 12.1. The Balaban J connectivity index is 1.69. The van der Waals surface area contributed by atoms with Crippen LogP contribution in [0.2, 0.25) is 0 Å². The number of nitrogens with one attached hydrogen (secondary N) is 1. The van der Waals surface area contributed by atoms with E-state index in [0.717, 1.165) is 9.80 Å². The van der Waals surface area contributed by atoms with Gasteiger partial charge in [-0.2, -0.15) is 0 Å². The van der Waals surface area contributed by atoms with E-state index in [0.29, 0.717) is 0 Å². The van der Waals surface area contributed by atoms with Crippen LogP contribution >= 0.6 is 0 Å². The first-order valence-corrected chi connectivity index (χ1v) is 6.70. The Bertz CT molecular complexity index is 636. The second-order valence-electron chi connectivity index (χ2n) is 5.08. The first-order chi connectivity index (χ1) is 10.5. The lowest BCUT2D eigenvalue weighted by molar-refractivity contribution is -0.126. The van der Waals surface area contributed by atoms with E-state index in [1.807, 2.05) is 0 Å². The summed E-state index contributed by atoms with van der Waals surface area (Å²) in [6.45, 7) is -0.653. The summed E-state index contributed by atoms with van der Waals surface area (Å²) in [5.74, 6) is -1.43. The van der Waals surface area contributed by atoms with Crippen LogP contribution in [0.4, 0.5) is 4.79 Å². The number of β-amino-alcohol motifs (C(OH)–C–C–N with tert-alkyl or cyclic N) is 1. The number of hydrogen-bond donors (Lipinski definition) is 2. The van der Waals surface area contributed by atoms with E-state index in [-0.39, 0.29) is 30.8 Å². The Morgan fingerprint density at radius 3 is 2.05 bits per heavy atom. The number of carbonyl (C=O) groups is 4. The summed E-state index contributed by atoms with van der Waals surface area (Å²) in [5, 5.41) is 12.3. The van der Waals surface area contributed by atoms with Crippen LogP contribution in [0.15, 0.2) is 24.3 Å². The van der Waals surface area contributed by atoms with Crippen molar-refractivity contribution in [3.8, 4) is 0 Å². The third-order valence-corrected chi connectivity index (χ3v) is 3.60. The molecule has 1 aromatic carbocycles. The van der Waals surface area contributed by atoms with Crippen molar-refractivity contribution in [1.29, 1.82) is 0 Å². The fourth-order valence-electron chi connectivity index (χ4n) is 2.52. The van der Waals surface area contributed by atoms with E-state index in [4.69, 9.17) is 0 Å². The number of urea groups is 1. The molecule has 0 aliphatic carbocycles. The molecular formula is C14H13N3O5. The minimum absolute atomic E-state index is 0.113. The third kappa shape index (κ3) is 2.23. The van der Waals surface area contributed by atoms with Gasteiger partial charge in [0, 0.05) is 0 Å². The fourth-order valence-corrected chi connectivity index (χ4v) is 2.52. The van der Waals surface area contributed by atoms with Gasteiger partial charge in [-0.1, -0.05) is 12.1 Å². The maximum Gasteiger partial charge on any atom is 0.324 e. The molecule has 2 aliphatic rings. The molecule has 114 valence electrons. The smallest absolute Gasteiger partial charge is 0.324 e. The van der Waals surface area contributed by atoms with Gasteiger partial charge in [0.05, 0.1) is 36.9 Å². The molecule has 0 saturated carbocycles. The molecule has 22 heavy (non-hydrogen) atoms. The van der Waals surface area contributed by atoms with Gasteiger partial charge in [-0.25, -0.2) is 4.79 Å². The summed E-state index contributed by atoms with van der Waals surface area (Å²) in [6.07, 6.45) is -1.20. The molecule has 1 fully saturated rings. The molecular weight excluding hydrogens is 290 g/mol. The van der Waals surface area contributed by atoms with Gasteiger partial charge < -0.3 is 10.4 Å². The minimum Gasteiger partial charge on any atom is -0.389 e. The van der Waals surface area contributed by atoms with Gasteiger partial charge in [-0.3, -0.25) is 24.2 Å². The Kier molecular flexibility index (Phi) is 3.38. The van der Waals surface area contributed by atoms with Crippen molar-refractivity contribution in [3.05, 3.63) is 35.4 Å². The van der Waals surface area contributed by atoms with E-state index in [1.165, 1.54) is 0 Å². The van der Waals surface area contributed by atoms with Crippen LogP contribution in [0.1, 0.15) is 20.7 Å². The number of aliphatic hydroxyl groups is 1. The molecule has 5 amide bonds. The highest BCUT2D eigenvalue weighted by atomic mass is 16.3. The van der Waals surface area contributed by atoms with Gasteiger partial charge in [-0.05, 0) is 12.1 Å². The summed E-state index contributed by atoms with van der Waals surface area (Å²) in [5.41, 5.74) is 0.574. The number of rotatable bonds is 4. The minimum atomic E-state index is -1.20. The maximum absolute atomic E-state index is 12.1. The Hall–Kier alpha value is -2.74. The molecule has 0 aromatic heterocycles. The molecule has 1 aromatic rings. The number of carbonyl (C=O) groups excluding carboxylic acids is 4. The van der Waals surface area contributed by atoms with Gasteiger partial charge in [-0.15, -0.1) is 0 Å². The van der Waals surface area contributed by atoms with Crippen LogP contribution in [-0.2, 0) is 4.79 Å². The van der Waals surface area contributed by atoms with Crippen molar-refractivity contribution in [2.75, 3.05) is 19.6 Å². The number of fused-ring (bicyclic) bond motifs is 1. The van der Waals surface area contributed by atoms with Gasteiger partial charge in [0.25, 0.3) is 11.8 Å². The van der Waals surface area contributed by atoms with Crippen molar-refractivity contribution in [3.63, 3.8) is 0 Å². The molecule has 1 saturated heterocycles. The van der Waals surface area contributed by atoms with Gasteiger partial charge in [0.1, 0.15) is 0 Å². The molecule has 0 spiro atoms. The molecule has 8 heteroatoms. The second-order valence-corrected chi connectivity index (χ2v) is 5.08. The molecule has 2 aliphatic heterocycles. The second kappa shape index (κ2) is 5.23. The Morgan fingerprint density at radius 1 is 1.00 bits per heavy atom. The number of imide groups is 2. The predicted molar refractivity (Wildman–Crippen MR) is 72.9 cm³/mol. The summed E-state index contributed by atoms with van der Waals surface area (Å²) in [4.78, 5) is 48.9. The summed E-state index contributed by atoms with van der Waals surface area (Å²) < 4.78 is 0. The molecule has 1 atom stereocenters. The van der Waals surface area contributed by atoms with Crippen molar-refractivity contribution in [2.24, 2.45) is 0 Å². The van der Waals surface area contributed by atoms with Gasteiger partial charge in [0.15, 0.2) is 0 Å². The van der Waals surface area contributed by atoms with E-state index >= 15 is 0 Å². The van der Waals surface area contributed by atoms with E-state index in [9.17, 15) is 24.3 Å². The summed E-state index contributed by atoms with van der Waals surface area (Å²) in [6, 6.07) is 5.79. The third-order valence-electron chi connectivity index (χ3n) is 3.60. The van der Waals surface area contributed by atoms with Gasteiger partial charge >= 0.3 is 6.03 Å². The van der Waals surface area contributed by atoms with Crippen molar-refractivity contribution < 1.29 is 24.3 Å². The average molecular weight is 303 g/mol. The zero-order valence-electron chi connectivity index (χ0n) is 11.5. The molecule has 0 unspecified atom stereocenters. The Labute approximate surface area is 125 Å². The van der Waals surface area contributed by atoms with E-state index in [1.54, 1.807) is 24.3 Å². The molecule has 2 heterocycles. The molecule has 0 radical (unpaired) electrons. The standard InChI is InChI=1S/C14H13N3O5/c18-8(6-16-11(19)5-15-14(16)22)7-17-12(20)9-3-1-2-4-10(9)13(17)21/h1-4,8,18H,5-7H2,(H,15,22)/t8-/m1/s1. The highest BCUT2D eigenvalue weighted by Gasteiger charge is 2.37. The van der Waals surface area contributed by atoms with E-state index in [2.05, 4.69) is 5.32 Å². The Morgan fingerprint density at radius 2 is 1.55 bits per heavy atom. The van der Waals surface area contributed by atoms with Crippen molar-refractivity contribution in [1.82, 2.24) is 15.1 Å². The average Bonchev–Trinajstić information content (AvgIpc) is 2.94. The first-order valence-electron chi connectivity index (χ1n) is 6.70. The summed E-state index contributed by atoms with van der Waals surface area (Å²) >= 11 is 0. The molecule has 0 bridgehead atoms. The lowest BCUT2D eigenvalue weighted by atomic mass is 10.1. The number of nitrogens with zero attached hydrogens (tertiary/aromatic N) is 2. The first kappa shape index (κ1) is 14.2. The number of aliphatic hydroxyl groups excluding tert-OH is 1. The highest BCUT2D eigenvalue weighted by molar-refractivity contribution is 6.21. The lowest BCUT2D eigenvalue weighted by Crippen LogP contribution is -2.44.